The second-order valence-electron chi connectivity index (χ2n) is 7.10. The largest absolute Gasteiger partial charge is 0.302 e. The lowest BCUT2D eigenvalue weighted by molar-refractivity contribution is -0.113. The van der Waals surface area contributed by atoms with Crippen LogP contribution in [0.2, 0.25) is 0 Å². The molecule has 0 saturated carbocycles. The van der Waals surface area contributed by atoms with E-state index in [0.29, 0.717) is 0 Å². The van der Waals surface area contributed by atoms with Crippen molar-refractivity contribution in [2.75, 3.05) is 0 Å². The number of thioether (sulfide) groups is 4. The second-order valence-corrected chi connectivity index (χ2v) is 14.2. The molecule has 0 aliphatic carbocycles. The van der Waals surface area contributed by atoms with E-state index in [1.165, 1.54) is 31.4 Å². The van der Waals surface area contributed by atoms with Crippen molar-refractivity contribution in [1.29, 1.82) is 0 Å². The van der Waals surface area contributed by atoms with Crippen molar-refractivity contribution < 1.29 is 4.79 Å². The first-order valence-corrected chi connectivity index (χ1v) is 11.4. The molecular weight excluding hydrogens is 360 g/mol. The van der Waals surface area contributed by atoms with E-state index < -0.39 is 0 Å². The quantitative estimate of drug-likeness (QED) is 0.529. The van der Waals surface area contributed by atoms with E-state index in [2.05, 4.69) is 47.6 Å². The van der Waals surface area contributed by atoms with Gasteiger partial charge in [0.25, 0.3) is 0 Å². The molecule has 23 heavy (non-hydrogen) atoms. The van der Waals surface area contributed by atoms with E-state index >= 15 is 0 Å². The summed E-state index contributed by atoms with van der Waals surface area (Å²) in [5, 5.41) is 0. The lowest BCUT2D eigenvalue weighted by Gasteiger charge is -2.30. The highest BCUT2D eigenvalue weighted by Gasteiger charge is 2.44. The van der Waals surface area contributed by atoms with Gasteiger partial charge in [0.05, 0.1) is 13.6 Å². The molecule has 3 rings (SSSR count). The molecule has 2 heterocycles. The summed E-state index contributed by atoms with van der Waals surface area (Å²) in [5.41, 5.74) is 0.966. The van der Waals surface area contributed by atoms with Crippen LogP contribution in [0.3, 0.4) is 0 Å². The van der Waals surface area contributed by atoms with Crippen LogP contribution in [0.15, 0.2) is 25.6 Å². The van der Waals surface area contributed by atoms with Gasteiger partial charge in [0.2, 0.25) is 0 Å². The molecule has 1 aromatic carbocycles. The topological polar surface area (TPSA) is 17.1 Å². The Morgan fingerprint density at radius 3 is 1.70 bits per heavy atom. The van der Waals surface area contributed by atoms with Gasteiger partial charge < -0.3 is 4.79 Å². The van der Waals surface area contributed by atoms with Gasteiger partial charge in [0, 0.05) is 19.6 Å². The summed E-state index contributed by atoms with van der Waals surface area (Å²) >= 11 is 7.77. The molecule has 2 aliphatic rings. The highest BCUT2D eigenvalue weighted by molar-refractivity contribution is 8.21. The van der Waals surface area contributed by atoms with Crippen LogP contribution in [0.4, 0.5) is 0 Å². The molecule has 0 amide bonds. The molecule has 5 heteroatoms. The van der Waals surface area contributed by atoms with Gasteiger partial charge in [0.15, 0.2) is 0 Å². The normalized spacial score (nSPS) is 21.1. The van der Waals surface area contributed by atoms with Crippen LogP contribution in [0.5, 0.6) is 0 Å². The molecule has 2 aliphatic heterocycles. The van der Waals surface area contributed by atoms with Gasteiger partial charge in [-0.25, -0.2) is 0 Å². The average Bonchev–Trinajstić information content (AvgIpc) is 2.92. The Balaban J connectivity index is 2.28. The van der Waals surface area contributed by atoms with Crippen molar-refractivity contribution >= 4 is 53.3 Å². The van der Waals surface area contributed by atoms with Gasteiger partial charge in [-0.05, 0) is 52.2 Å². The summed E-state index contributed by atoms with van der Waals surface area (Å²) in [6.45, 7) is 13.4. The SMILES string of the molecule is CCC(C=O)(CC)c1c2c(cc3c1SC(C)(C)S3)SC(C)(C)S2. The Morgan fingerprint density at radius 2 is 1.35 bits per heavy atom. The Bertz CT molecular complexity index is 617. The van der Waals surface area contributed by atoms with Crippen LogP contribution >= 0.6 is 47.0 Å². The van der Waals surface area contributed by atoms with E-state index in [4.69, 9.17) is 0 Å². The monoisotopic (exact) mass is 384 g/mol. The number of rotatable bonds is 4. The third-order valence-electron chi connectivity index (χ3n) is 4.56. The number of benzene rings is 1. The van der Waals surface area contributed by atoms with Crippen LogP contribution in [-0.4, -0.2) is 14.4 Å². The Labute approximate surface area is 156 Å². The van der Waals surface area contributed by atoms with Crippen molar-refractivity contribution in [2.45, 2.75) is 87.5 Å². The molecular formula is C18H24OS4. The third-order valence-corrected chi connectivity index (χ3v) is 10.1. The number of carbonyl (C=O) groups is 1. The average molecular weight is 385 g/mol. The maximum Gasteiger partial charge on any atom is 0.130 e. The minimum Gasteiger partial charge on any atom is -0.302 e. The zero-order valence-corrected chi connectivity index (χ0v) is 17.9. The van der Waals surface area contributed by atoms with Crippen LogP contribution in [-0.2, 0) is 10.2 Å². The minimum atomic E-state index is -0.350. The van der Waals surface area contributed by atoms with Crippen LogP contribution in [0.1, 0.15) is 59.9 Å². The van der Waals surface area contributed by atoms with Gasteiger partial charge in [-0.15, -0.1) is 47.0 Å². The Kier molecular flexibility index (Phi) is 4.66. The van der Waals surface area contributed by atoms with E-state index in [-0.39, 0.29) is 13.6 Å². The molecule has 126 valence electrons. The van der Waals surface area contributed by atoms with Gasteiger partial charge in [-0.3, -0.25) is 0 Å². The van der Waals surface area contributed by atoms with Crippen molar-refractivity contribution in [3.8, 4) is 0 Å². The van der Waals surface area contributed by atoms with E-state index in [9.17, 15) is 4.79 Å². The number of hydrogen-bond donors (Lipinski definition) is 0. The number of carbonyl (C=O) groups excluding carboxylic acids is 1. The second kappa shape index (κ2) is 5.93. The van der Waals surface area contributed by atoms with Gasteiger partial charge in [-0.1, -0.05) is 13.8 Å². The van der Waals surface area contributed by atoms with Crippen molar-refractivity contribution in [1.82, 2.24) is 0 Å². The fourth-order valence-electron chi connectivity index (χ4n) is 3.30. The molecule has 0 aromatic heterocycles. The molecule has 0 bridgehead atoms. The minimum absolute atomic E-state index is 0.146. The number of hydrogen-bond acceptors (Lipinski definition) is 5. The predicted octanol–water partition coefficient (Wildman–Crippen LogP) is 6.81. The molecule has 0 N–H and O–H groups in total. The highest BCUT2D eigenvalue weighted by Crippen LogP contribution is 2.65. The van der Waals surface area contributed by atoms with Crippen molar-refractivity contribution in [2.24, 2.45) is 0 Å². The molecule has 1 nitrogen and oxygen atoms in total. The number of aldehydes is 1. The molecule has 1 aromatic rings. The molecule has 0 unspecified atom stereocenters. The summed E-state index contributed by atoms with van der Waals surface area (Å²) in [7, 11) is 0. The van der Waals surface area contributed by atoms with E-state index in [1.54, 1.807) is 0 Å². The molecule has 0 atom stereocenters. The maximum atomic E-state index is 12.2. The van der Waals surface area contributed by atoms with Gasteiger partial charge in [-0.2, -0.15) is 0 Å². The first kappa shape index (κ1) is 18.1. The van der Waals surface area contributed by atoms with Crippen LogP contribution in [0, 0.1) is 0 Å². The van der Waals surface area contributed by atoms with E-state index in [1.807, 2.05) is 47.0 Å². The van der Waals surface area contributed by atoms with E-state index in [0.717, 1.165) is 12.8 Å². The van der Waals surface area contributed by atoms with Gasteiger partial charge >= 0.3 is 0 Å². The first-order valence-electron chi connectivity index (χ1n) is 8.11. The Morgan fingerprint density at radius 1 is 0.913 bits per heavy atom. The fraction of sp³-hybridized carbons (Fsp3) is 0.611. The zero-order chi connectivity index (χ0) is 17.0. The van der Waals surface area contributed by atoms with Crippen molar-refractivity contribution in [3.63, 3.8) is 0 Å². The molecule has 0 saturated heterocycles. The van der Waals surface area contributed by atoms with Crippen LogP contribution in [0.25, 0.3) is 0 Å². The third kappa shape index (κ3) is 3.00. The summed E-state index contributed by atoms with van der Waals surface area (Å²) in [4.78, 5) is 17.6. The summed E-state index contributed by atoms with van der Waals surface area (Å²) in [5.74, 6) is 0. The standard InChI is InChI=1S/C18H24OS4/c1-7-18(8-2,10-19)13-14-11(20-16(3,4)22-14)9-12-15(13)23-17(5,6)21-12/h9-10H,7-8H2,1-6H3. The highest BCUT2D eigenvalue weighted by atomic mass is 32.2. The first-order chi connectivity index (χ1) is 10.7. The van der Waals surface area contributed by atoms with Crippen molar-refractivity contribution in [3.05, 3.63) is 11.6 Å². The summed E-state index contributed by atoms with van der Waals surface area (Å²) in [6.07, 6.45) is 2.95. The Hall–Kier alpha value is 0.290. The smallest absolute Gasteiger partial charge is 0.130 e. The van der Waals surface area contributed by atoms with Gasteiger partial charge in [0.1, 0.15) is 6.29 Å². The zero-order valence-electron chi connectivity index (χ0n) is 14.6. The lowest BCUT2D eigenvalue weighted by Crippen LogP contribution is -2.28. The maximum absolute atomic E-state index is 12.2. The lowest BCUT2D eigenvalue weighted by atomic mass is 9.77. The molecule has 0 radical (unpaired) electrons. The fourth-order valence-corrected chi connectivity index (χ4v) is 9.23. The summed E-state index contributed by atoms with van der Waals surface area (Å²) in [6, 6.07) is 2.37. The summed E-state index contributed by atoms with van der Waals surface area (Å²) < 4.78 is 0.292. The predicted molar refractivity (Wildman–Crippen MR) is 106 cm³/mol. The number of fused-ring (bicyclic) bond motifs is 2. The van der Waals surface area contributed by atoms with Crippen LogP contribution < -0.4 is 0 Å². The molecule has 0 fully saturated rings. The molecule has 0 spiro atoms.